The largest absolute Gasteiger partial charge is 0.507 e. The number of hydrogen-bond donors (Lipinski definition) is 2. The van der Waals surface area contributed by atoms with Crippen molar-refractivity contribution in [3.05, 3.63) is 53.1 Å². The van der Waals surface area contributed by atoms with Gasteiger partial charge in [-0.1, -0.05) is 65.8 Å². The number of carboxylic acids is 1. The molecule has 0 saturated carbocycles. The van der Waals surface area contributed by atoms with Gasteiger partial charge >= 0.3 is 5.97 Å². The van der Waals surface area contributed by atoms with Crippen molar-refractivity contribution in [3.63, 3.8) is 0 Å². The molecule has 0 heterocycles. The van der Waals surface area contributed by atoms with Crippen molar-refractivity contribution in [2.75, 3.05) is 0 Å². The highest BCUT2D eigenvalue weighted by Crippen LogP contribution is 2.39. The van der Waals surface area contributed by atoms with Crippen LogP contribution in [0.5, 0.6) is 5.75 Å². The van der Waals surface area contributed by atoms with Crippen molar-refractivity contribution in [1.82, 2.24) is 0 Å². The fraction of sp³-hybridized carbons (Fsp3) is 0.435. The van der Waals surface area contributed by atoms with Crippen LogP contribution in [0.3, 0.4) is 0 Å². The van der Waals surface area contributed by atoms with Gasteiger partial charge < -0.3 is 10.2 Å². The van der Waals surface area contributed by atoms with Crippen LogP contribution in [0.1, 0.15) is 75.9 Å². The second-order valence-corrected chi connectivity index (χ2v) is 8.28. The molecule has 0 bridgehead atoms. The van der Waals surface area contributed by atoms with Crippen LogP contribution in [0.15, 0.2) is 36.4 Å². The summed E-state index contributed by atoms with van der Waals surface area (Å²) in [6.45, 7) is 12.7. The molecule has 0 aliphatic heterocycles. The molecule has 0 fully saturated rings. The number of aromatic carboxylic acids is 1. The Morgan fingerprint density at radius 2 is 1.42 bits per heavy atom. The molecule has 0 spiro atoms. The molecule has 2 N–H and O–H groups in total. The average Bonchev–Trinajstić information content (AvgIpc) is 2.61. The number of benzene rings is 2. The lowest BCUT2D eigenvalue weighted by Gasteiger charge is -2.26. The number of carboxylic acid groups (broad SMARTS) is 1. The van der Waals surface area contributed by atoms with E-state index in [2.05, 4.69) is 32.9 Å². The van der Waals surface area contributed by atoms with E-state index < -0.39 is 5.97 Å². The molecule has 140 valence electrons. The minimum atomic E-state index is -1.11. The molecule has 0 atom stereocenters. The third-order valence-electron chi connectivity index (χ3n) is 5.84. The Balaban J connectivity index is 2.61. The molecule has 3 heteroatoms. The first-order valence-corrected chi connectivity index (χ1v) is 9.25. The van der Waals surface area contributed by atoms with Crippen LogP contribution in [0.4, 0.5) is 0 Å². The highest BCUT2D eigenvalue weighted by molar-refractivity contribution is 5.93. The summed E-state index contributed by atoms with van der Waals surface area (Å²) in [6.07, 6.45) is 1.84. The van der Waals surface area contributed by atoms with Gasteiger partial charge in [-0.2, -0.15) is 0 Å². The zero-order valence-corrected chi connectivity index (χ0v) is 16.7. The smallest absolute Gasteiger partial charge is 0.339 e. The molecule has 0 aromatic heterocycles. The molecule has 0 amide bonds. The van der Waals surface area contributed by atoms with Crippen molar-refractivity contribution in [2.24, 2.45) is 0 Å². The molecule has 2 rings (SSSR count). The van der Waals surface area contributed by atoms with Crippen molar-refractivity contribution in [1.29, 1.82) is 0 Å². The Hall–Kier alpha value is -2.29. The zero-order chi connectivity index (χ0) is 19.7. The number of rotatable bonds is 6. The summed E-state index contributed by atoms with van der Waals surface area (Å²) in [5, 5.41) is 20.0. The third kappa shape index (κ3) is 3.77. The van der Waals surface area contributed by atoms with E-state index in [1.807, 2.05) is 39.0 Å². The van der Waals surface area contributed by atoms with E-state index in [1.54, 1.807) is 6.07 Å². The molecule has 0 saturated heterocycles. The molecule has 0 aliphatic rings. The van der Waals surface area contributed by atoms with Gasteiger partial charge in [0.15, 0.2) is 0 Å². The Morgan fingerprint density at radius 1 is 0.885 bits per heavy atom. The van der Waals surface area contributed by atoms with Gasteiger partial charge in [-0.25, -0.2) is 4.79 Å². The standard InChI is InChI=1S/C23H30O3/c1-7-22(3,4)17-11-9-15(10-12-17)16-13-18(21(25)26)20(24)19(14-16)23(5,6)8-2/h9-14,24H,7-8H2,1-6H3,(H,25,26). The minimum absolute atomic E-state index is 0.0445. The maximum absolute atomic E-state index is 11.6. The lowest BCUT2D eigenvalue weighted by atomic mass is 9.79. The normalized spacial score (nSPS) is 12.2. The van der Waals surface area contributed by atoms with Crippen LogP contribution in [0, 0.1) is 0 Å². The lowest BCUT2D eigenvalue weighted by Crippen LogP contribution is -2.17. The van der Waals surface area contributed by atoms with Crippen LogP contribution in [0.25, 0.3) is 11.1 Å². The predicted molar refractivity (Wildman–Crippen MR) is 107 cm³/mol. The van der Waals surface area contributed by atoms with E-state index >= 15 is 0 Å². The summed E-state index contributed by atoms with van der Waals surface area (Å²) in [6, 6.07) is 11.8. The van der Waals surface area contributed by atoms with Crippen molar-refractivity contribution >= 4 is 5.97 Å². The van der Waals surface area contributed by atoms with E-state index in [0.717, 1.165) is 24.0 Å². The van der Waals surface area contributed by atoms with Crippen LogP contribution >= 0.6 is 0 Å². The zero-order valence-electron chi connectivity index (χ0n) is 16.7. The van der Waals surface area contributed by atoms with Crippen LogP contribution in [-0.2, 0) is 10.8 Å². The van der Waals surface area contributed by atoms with Gasteiger partial charge in [0.05, 0.1) is 0 Å². The third-order valence-corrected chi connectivity index (χ3v) is 5.84. The van der Waals surface area contributed by atoms with Crippen LogP contribution < -0.4 is 0 Å². The Morgan fingerprint density at radius 3 is 1.88 bits per heavy atom. The molecular formula is C23H30O3. The Kier molecular flexibility index (Phi) is 5.50. The number of phenols is 1. The predicted octanol–water partition coefficient (Wildman–Crippen LogP) is 6.13. The van der Waals surface area contributed by atoms with Gasteiger partial charge in [0.2, 0.25) is 0 Å². The van der Waals surface area contributed by atoms with Gasteiger partial charge in [0.25, 0.3) is 0 Å². The number of carbonyl (C=O) groups is 1. The van der Waals surface area contributed by atoms with Crippen molar-refractivity contribution in [2.45, 2.75) is 65.2 Å². The number of hydrogen-bond acceptors (Lipinski definition) is 2. The summed E-state index contributed by atoms with van der Waals surface area (Å²) in [5.74, 6) is -1.24. The highest BCUT2D eigenvalue weighted by atomic mass is 16.4. The molecular weight excluding hydrogens is 324 g/mol. The van der Waals surface area contributed by atoms with Crippen LogP contribution in [0.2, 0.25) is 0 Å². The van der Waals surface area contributed by atoms with Gasteiger partial charge in [-0.05, 0) is 52.5 Å². The second kappa shape index (κ2) is 7.14. The SMILES string of the molecule is CCC(C)(C)c1ccc(-c2cc(C(=O)O)c(O)c(C(C)(C)CC)c2)cc1. The Bertz CT molecular complexity index is 799. The van der Waals surface area contributed by atoms with E-state index in [1.165, 1.54) is 5.56 Å². The topological polar surface area (TPSA) is 57.5 Å². The Labute approximate surface area is 156 Å². The van der Waals surface area contributed by atoms with E-state index in [-0.39, 0.29) is 22.1 Å². The maximum atomic E-state index is 11.6. The number of aromatic hydroxyl groups is 1. The summed E-state index contributed by atoms with van der Waals surface area (Å²) < 4.78 is 0. The van der Waals surface area contributed by atoms with E-state index in [4.69, 9.17) is 0 Å². The van der Waals surface area contributed by atoms with E-state index in [9.17, 15) is 15.0 Å². The lowest BCUT2D eigenvalue weighted by molar-refractivity contribution is 0.0693. The summed E-state index contributed by atoms with van der Waals surface area (Å²) in [7, 11) is 0. The van der Waals surface area contributed by atoms with Gasteiger partial charge in [-0.15, -0.1) is 0 Å². The van der Waals surface area contributed by atoms with Crippen LogP contribution in [-0.4, -0.2) is 16.2 Å². The second-order valence-electron chi connectivity index (χ2n) is 8.28. The molecule has 3 nitrogen and oxygen atoms in total. The average molecular weight is 354 g/mol. The molecule has 26 heavy (non-hydrogen) atoms. The van der Waals surface area contributed by atoms with Gasteiger partial charge in [0.1, 0.15) is 11.3 Å². The maximum Gasteiger partial charge on any atom is 0.339 e. The summed E-state index contributed by atoms with van der Waals surface area (Å²) >= 11 is 0. The quantitative estimate of drug-likeness (QED) is 0.656. The van der Waals surface area contributed by atoms with Gasteiger partial charge in [0, 0.05) is 5.56 Å². The minimum Gasteiger partial charge on any atom is -0.507 e. The summed E-state index contributed by atoms with van der Waals surface area (Å²) in [4.78, 5) is 11.6. The molecule has 2 aromatic rings. The highest BCUT2D eigenvalue weighted by Gasteiger charge is 2.26. The molecule has 2 aromatic carbocycles. The van der Waals surface area contributed by atoms with Crippen molar-refractivity contribution in [3.8, 4) is 16.9 Å². The molecule has 0 unspecified atom stereocenters. The van der Waals surface area contributed by atoms with Gasteiger partial charge in [-0.3, -0.25) is 0 Å². The fourth-order valence-electron chi connectivity index (χ4n) is 2.99. The molecule has 0 radical (unpaired) electrons. The fourth-order valence-corrected chi connectivity index (χ4v) is 2.99. The van der Waals surface area contributed by atoms with Crippen molar-refractivity contribution < 1.29 is 15.0 Å². The first-order valence-electron chi connectivity index (χ1n) is 9.25. The van der Waals surface area contributed by atoms with E-state index in [0.29, 0.717) is 5.56 Å². The first-order chi connectivity index (χ1) is 12.0. The molecule has 0 aliphatic carbocycles. The summed E-state index contributed by atoms with van der Waals surface area (Å²) in [5.41, 5.74) is 3.46. The first kappa shape index (κ1) is 20.0. The monoisotopic (exact) mass is 354 g/mol.